The van der Waals surface area contributed by atoms with Crippen LogP contribution in [0.25, 0.3) is 0 Å². The van der Waals surface area contributed by atoms with E-state index in [4.69, 9.17) is 25.8 Å². The molecule has 7 heteroatoms. The van der Waals surface area contributed by atoms with Crippen LogP contribution in [0, 0.1) is 11.8 Å². The van der Waals surface area contributed by atoms with E-state index in [1.165, 1.54) is 18.4 Å². The number of carbonyl (C=O) groups is 2. The summed E-state index contributed by atoms with van der Waals surface area (Å²) in [5, 5.41) is -0.0530. The van der Waals surface area contributed by atoms with Gasteiger partial charge in [-0.15, -0.1) is 22.9 Å². The van der Waals surface area contributed by atoms with Crippen LogP contribution in [0.2, 0.25) is 0 Å². The van der Waals surface area contributed by atoms with Crippen LogP contribution in [0.15, 0.2) is 12.1 Å². The van der Waals surface area contributed by atoms with Crippen LogP contribution in [0.3, 0.4) is 0 Å². The van der Waals surface area contributed by atoms with Crippen molar-refractivity contribution < 1.29 is 23.8 Å². The van der Waals surface area contributed by atoms with Crippen molar-refractivity contribution in [3.8, 4) is 0 Å². The monoisotopic (exact) mass is 414 g/mol. The molecule has 2 fully saturated rings. The summed E-state index contributed by atoms with van der Waals surface area (Å²) in [4.78, 5) is 25.0. The minimum absolute atomic E-state index is 0.0530. The third-order valence-corrected chi connectivity index (χ3v) is 7.10. The molecule has 2 aliphatic rings. The molecule has 0 amide bonds. The van der Waals surface area contributed by atoms with Crippen LogP contribution >= 0.6 is 22.9 Å². The molecule has 1 aromatic rings. The number of methoxy groups -OCH3 is 1. The largest absolute Gasteiger partial charge is 0.465 e. The minimum Gasteiger partial charge on any atom is -0.465 e. The molecular weight excluding hydrogens is 388 g/mol. The predicted octanol–water partition coefficient (Wildman–Crippen LogP) is 4.21. The molecule has 0 radical (unpaired) electrons. The molecule has 150 valence electrons. The van der Waals surface area contributed by atoms with Crippen molar-refractivity contribution in [2.75, 3.05) is 13.7 Å². The summed E-state index contributed by atoms with van der Waals surface area (Å²) in [5.74, 6) is -0.349. The average molecular weight is 415 g/mol. The van der Waals surface area contributed by atoms with Crippen molar-refractivity contribution in [1.29, 1.82) is 0 Å². The van der Waals surface area contributed by atoms with E-state index in [-0.39, 0.29) is 35.6 Å². The number of hydrogen-bond donors (Lipinski definition) is 0. The fraction of sp³-hybridized carbons (Fsp3) is 0.700. The summed E-state index contributed by atoms with van der Waals surface area (Å²) in [6.45, 7) is 0.727. The number of aryl methyl sites for hydroxylation is 1. The molecule has 0 aromatic carbocycles. The standard InChI is InChI=1S/C20H27ClO5S/c1-24-20(23)18-9-8-13(27-18)5-4-6-14-15(12-22)17(11-16(14)21)26-19-7-2-3-10-25-19/h8-9,12,14-17,19H,2-7,10-11H2,1H3/t14-,15-,16+,17-,19?/m1/s1. The Morgan fingerprint density at radius 2 is 2.26 bits per heavy atom. The Kier molecular flexibility index (Phi) is 7.70. The highest BCUT2D eigenvalue weighted by Gasteiger charge is 2.43. The zero-order valence-corrected chi connectivity index (χ0v) is 17.2. The number of halogens is 1. The van der Waals surface area contributed by atoms with Crippen molar-refractivity contribution in [1.82, 2.24) is 0 Å². The molecule has 1 saturated carbocycles. The Morgan fingerprint density at radius 1 is 1.41 bits per heavy atom. The second-order valence-corrected chi connectivity index (χ2v) is 8.98. The van der Waals surface area contributed by atoms with Crippen LogP contribution < -0.4 is 0 Å². The lowest BCUT2D eigenvalue weighted by atomic mass is 9.91. The zero-order valence-electron chi connectivity index (χ0n) is 15.6. The van der Waals surface area contributed by atoms with Gasteiger partial charge in [0.05, 0.1) is 13.2 Å². The van der Waals surface area contributed by atoms with E-state index >= 15 is 0 Å². The van der Waals surface area contributed by atoms with Gasteiger partial charge in [-0.1, -0.05) is 0 Å². The Morgan fingerprint density at radius 3 is 2.96 bits per heavy atom. The van der Waals surface area contributed by atoms with Gasteiger partial charge in [-0.3, -0.25) is 0 Å². The third kappa shape index (κ3) is 5.31. The number of hydrogen-bond acceptors (Lipinski definition) is 6. The van der Waals surface area contributed by atoms with E-state index in [1.807, 2.05) is 6.07 Å². The van der Waals surface area contributed by atoms with E-state index < -0.39 is 0 Å². The van der Waals surface area contributed by atoms with Crippen LogP contribution in [-0.2, 0) is 25.4 Å². The summed E-state index contributed by atoms with van der Waals surface area (Å²) in [7, 11) is 1.39. The smallest absolute Gasteiger partial charge is 0.348 e. The molecule has 5 nitrogen and oxygen atoms in total. The highest BCUT2D eigenvalue weighted by Crippen LogP contribution is 2.41. The first-order valence-electron chi connectivity index (χ1n) is 9.66. The molecule has 5 atom stereocenters. The van der Waals surface area contributed by atoms with Gasteiger partial charge in [-0.05, 0) is 63.0 Å². The molecule has 1 aliphatic carbocycles. The number of aldehydes is 1. The van der Waals surface area contributed by atoms with Gasteiger partial charge in [0.15, 0.2) is 6.29 Å². The molecule has 1 unspecified atom stereocenters. The molecule has 27 heavy (non-hydrogen) atoms. The third-order valence-electron chi connectivity index (χ3n) is 5.48. The lowest BCUT2D eigenvalue weighted by molar-refractivity contribution is -0.194. The predicted molar refractivity (Wildman–Crippen MR) is 104 cm³/mol. The summed E-state index contributed by atoms with van der Waals surface area (Å²) in [6.07, 6.45) is 7.09. The minimum atomic E-state index is -0.297. The lowest BCUT2D eigenvalue weighted by Gasteiger charge is -2.28. The lowest BCUT2D eigenvalue weighted by Crippen LogP contribution is -2.32. The maximum Gasteiger partial charge on any atom is 0.348 e. The number of alkyl halides is 1. The Labute approximate surface area is 169 Å². The van der Waals surface area contributed by atoms with Gasteiger partial charge in [0.1, 0.15) is 11.2 Å². The Balaban J connectivity index is 1.50. The molecular formula is C20H27ClO5S. The van der Waals surface area contributed by atoms with Crippen LogP contribution in [0.5, 0.6) is 0 Å². The van der Waals surface area contributed by atoms with Crippen molar-refractivity contribution in [2.24, 2.45) is 11.8 Å². The van der Waals surface area contributed by atoms with Gasteiger partial charge in [0, 0.05) is 22.8 Å². The van der Waals surface area contributed by atoms with Gasteiger partial charge in [0.25, 0.3) is 0 Å². The SMILES string of the molecule is COC(=O)c1ccc(CCC[C@@H]2[C@@H](C=O)[C@H](OC3CCCCO3)C[C@@H]2Cl)s1. The molecule has 1 aliphatic heterocycles. The van der Waals surface area contributed by atoms with E-state index in [9.17, 15) is 9.59 Å². The average Bonchev–Trinajstić information content (AvgIpc) is 3.27. The first-order valence-corrected chi connectivity index (χ1v) is 10.9. The van der Waals surface area contributed by atoms with Crippen molar-refractivity contribution in [3.63, 3.8) is 0 Å². The molecule has 0 spiro atoms. The summed E-state index contributed by atoms with van der Waals surface area (Å²) >= 11 is 8.03. The first-order chi connectivity index (χ1) is 13.1. The fourth-order valence-electron chi connectivity index (χ4n) is 4.03. The van der Waals surface area contributed by atoms with Gasteiger partial charge >= 0.3 is 5.97 Å². The van der Waals surface area contributed by atoms with Gasteiger partial charge in [-0.25, -0.2) is 4.79 Å². The first kappa shape index (κ1) is 20.8. The molecule has 1 saturated heterocycles. The molecule has 3 rings (SSSR count). The molecule has 0 N–H and O–H groups in total. The fourth-order valence-corrected chi connectivity index (χ4v) is 5.46. The summed E-state index contributed by atoms with van der Waals surface area (Å²) in [6, 6.07) is 3.77. The number of ether oxygens (including phenoxy) is 3. The quantitative estimate of drug-likeness (QED) is 0.362. The van der Waals surface area contributed by atoms with Crippen LogP contribution in [0.1, 0.15) is 53.1 Å². The van der Waals surface area contributed by atoms with E-state index in [0.717, 1.165) is 56.3 Å². The van der Waals surface area contributed by atoms with E-state index in [2.05, 4.69) is 0 Å². The van der Waals surface area contributed by atoms with Crippen molar-refractivity contribution >= 4 is 35.2 Å². The normalized spacial score (nSPS) is 31.0. The zero-order chi connectivity index (χ0) is 19.2. The van der Waals surface area contributed by atoms with Crippen molar-refractivity contribution in [2.45, 2.75) is 62.7 Å². The van der Waals surface area contributed by atoms with E-state index in [0.29, 0.717) is 11.3 Å². The molecule has 1 aromatic heterocycles. The Bertz CT molecular complexity index is 628. The van der Waals surface area contributed by atoms with Gasteiger partial charge < -0.3 is 19.0 Å². The number of esters is 1. The summed E-state index contributed by atoms with van der Waals surface area (Å²) < 4.78 is 16.5. The molecule has 2 heterocycles. The number of rotatable bonds is 8. The van der Waals surface area contributed by atoms with Gasteiger partial charge in [0.2, 0.25) is 0 Å². The number of carbonyl (C=O) groups excluding carboxylic acids is 2. The second-order valence-electron chi connectivity index (χ2n) is 7.25. The van der Waals surface area contributed by atoms with Crippen LogP contribution in [0.4, 0.5) is 0 Å². The van der Waals surface area contributed by atoms with E-state index in [1.54, 1.807) is 6.07 Å². The van der Waals surface area contributed by atoms with Crippen molar-refractivity contribution in [3.05, 3.63) is 21.9 Å². The topological polar surface area (TPSA) is 61.8 Å². The maximum atomic E-state index is 11.7. The Hall–Kier alpha value is -0.950. The van der Waals surface area contributed by atoms with Crippen LogP contribution in [-0.4, -0.2) is 43.7 Å². The summed E-state index contributed by atoms with van der Waals surface area (Å²) in [5.41, 5.74) is 0. The second kappa shape index (κ2) is 10.0. The highest BCUT2D eigenvalue weighted by atomic mass is 35.5. The number of thiophene rings is 1. The highest BCUT2D eigenvalue weighted by molar-refractivity contribution is 7.13. The maximum absolute atomic E-state index is 11.7. The van der Waals surface area contributed by atoms with Gasteiger partial charge in [-0.2, -0.15) is 0 Å². The molecule has 0 bridgehead atoms.